The largest absolute Gasteiger partial charge is 0.427 e. The summed E-state index contributed by atoms with van der Waals surface area (Å²) < 4.78 is 22.9. The van der Waals surface area contributed by atoms with Gasteiger partial charge in [0.05, 0.1) is 29.9 Å². The van der Waals surface area contributed by atoms with Gasteiger partial charge < -0.3 is 9.05 Å². The molecule has 0 saturated heterocycles. The Bertz CT molecular complexity index is 692. The third kappa shape index (κ3) is 4.11. The molecule has 104 valence electrons. The molecule has 0 aromatic heterocycles. The average Bonchev–Trinajstić information content (AvgIpc) is 2.48. The van der Waals surface area contributed by atoms with Crippen molar-refractivity contribution < 1.29 is 13.6 Å². The first-order chi connectivity index (χ1) is 10.0. The van der Waals surface area contributed by atoms with Gasteiger partial charge in [0, 0.05) is 0 Å². The predicted octanol–water partition coefficient (Wildman–Crippen LogP) is 3.71. The Kier molecular flexibility index (Phi) is 4.28. The van der Waals surface area contributed by atoms with E-state index >= 15 is 0 Å². The van der Waals surface area contributed by atoms with Gasteiger partial charge in [-0.05, 0) is 48.5 Å². The summed E-state index contributed by atoms with van der Waals surface area (Å²) in [7, 11) is -3.35. The van der Waals surface area contributed by atoms with Crippen LogP contribution in [0, 0.1) is 22.7 Å². The van der Waals surface area contributed by atoms with Crippen LogP contribution in [0.5, 0.6) is 11.5 Å². The quantitative estimate of drug-likeness (QED) is 0.803. The van der Waals surface area contributed by atoms with E-state index in [0.29, 0.717) is 22.6 Å². The molecule has 2 aromatic carbocycles. The van der Waals surface area contributed by atoms with Gasteiger partial charge in [-0.3, -0.25) is 0 Å². The Hall–Kier alpha value is -2.75. The van der Waals surface area contributed by atoms with Crippen molar-refractivity contribution >= 4 is 7.60 Å². The highest BCUT2D eigenvalue weighted by molar-refractivity contribution is 7.53. The summed E-state index contributed by atoms with van der Waals surface area (Å²) in [4.78, 5) is 0. The molecule has 0 N–H and O–H groups in total. The summed E-state index contributed by atoms with van der Waals surface area (Å²) >= 11 is 0. The van der Waals surface area contributed by atoms with Crippen molar-refractivity contribution in [3.63, 3.8) is 0 Å². The van der Waals surface area contributed by atoms with Gasteiger partial charge in [0.15, 0.2) is 0 Å². The highest BCUT2D eigenvalue weighted by atomic mass is 31.2. The van der Waals surface area contributed by atoms with Gasteiger partial charge in [-0.15, -0.1) is 0 Å². The standard InChI is InChI=1S/C15H11N2O3P/c1-21(18,19-14-6-2-12(10-16)3-7-14)20-15-8-4-13(11-17)5-9-15/h2-9H,1H3. The van der Waals surface area contributed by atoms with Crippen molar-refractivity contribution in [2.24, 2.45) is 0 Å². The van der Waals surface area contributed by atoms with Crippen LogP contribution < -0.4 is 9.05 Å². The van der Waals surface area contributed by atoms with Crippen LogP contribution in [0.3, 0.4) is 0 Å². The van der Waals surface area contributed by atoms with Crippen molar-refractivity contribution in [3.05, 3.63) is 59.7 Å². The van der Waals surface area contributed by atoms with E-state index in [1.807, 2.05) is 12.1 Å². The molecule has 0 heterocycles. The zero-order chi connectivity index (χ0) is 15.3. The normalized spacial score (nSPS) is 10.2. The van der Waals surface area contributed by atoms with E-state index < -0.39 is 7.60 Å². The topological polar surface area (TPSA) is 83.1 Å². The lowest BCUT2D eigenvalue weighted by atomic mass is 10.2. The SMILES string of the molecule is CP(=O)(Oc1ccc(C#N)cc1)Oc1ccc(C#N)cc1. The highest BCUT2D eigenvalue weighted by Gasteiger charge is 2.20. The summed E-state index contributed by atoms with van der Waals surface area (Å²) in [6, 6.07) is 16.4. The predicted molar refractivity (Wildman–Crippen MR) is 77.1 cm³/mol. The van der Waals surface area contributed by atoms with Crippen LogP contribution in [-0.2, 0) is 4.57 Å². The van der Waals surface area contributed by atoms with E-state index in [1.165, 1.54) is 6.66 Å². The lowest BCUT2D eigenvalue weighted by Crippen LogP contribution is -1.99. The van der Waals surface area contributed by atoms with Gasteiger partial charge in [-0.25, -0.2) is 4.57 Å². The van der Waals surface area contributed by atoms with E-state index in [1.54, 1.807) is 48.5 Å². The maximum atomic E-state index is 12.3. The monoisotopic (exact) mass is 298 g/mol. The Labute approximate surface area is 122 Å². The van der Waals surface area contributed by atoms with E-state index in [2.05, 4.69) is 0 Å². The summed E-state index contributed by atoms with van der Waals surface area (Å²) in [5, 5.41) is 17.4. The number of nitriles is 2. The van der Waals surface area contributed by atoms with Gasteiger partial charge in [-0.2, -0.15) is 10.5 Å². The van der Waals surface area contributed by atoms with Crippen LogP contribution in [0.2, 0.25) is 0 Å². The van der Waals surface area contributed by atoms with Crippen LogP contribution in [0.15, 0.2) is 48.5 Å². The second-order valence-electron chi connectivity index (χ2n) is 4.23. The molecule has 0 spiro atoms. The number of rotatable bonds is 4. The molecule has 5 nitrogen and oxygen atoms in total. The average molecular weight is 298 g/mol. The molecule has 0 saturated carbocycles. The van der Waals surface area contributed by atoms with Crippen LogP contribution in [0.4, 0.5) is 0 Å². The molecule has 2 aromatic rings. The fourth-order valence-electron chi connectivity index (χ4n) is 1.58. The number of benzene rings is 2. The van der Waals surface area contributed by atoms with Crippen LogP contribution in [0.1, 0.15) is 11.1 Å². The lowest BCUT2D eigenvalue weighted by molar-refractivity contribution is 0.393. The molecule has 0 aliphatic rings. The lowest BCUT2D eigenvalue weighted by Gasteiger charge is -2.16. The highest BCUT2D eigenvalue weighted by Crippen LogP contribution is 2.44. The fourth-order valence-corrected chi connectivity index (χ4v) is 2.63. The van der Waals surface area contributed by atoms with Crippen molar-refractivity contribution in [2.45, 2.75) is 0 Å². The van der Waals surface area contributed by atoms with Gasteiger partial charge in [0.1, 0.15) is 11.5 Å². The Morgan fingerprint density at radius 2 is 1.14 bits per heavy atom. The van der Waals surface area contributed by atoms with Gasteiger partial charge in [-0.1, -0.05) is 0 Å². The van der Waals surface area contributed by atoms with Gasteiger partial charge in [0.2, 0.25) is 0 Å². The fraction of sp³-hybridized carbons (Fsp3) is 0.0667. The van der Waals surface area contributed by atoms with E-state index in [4.69, 9.17) is 19.6 Å². The maximum Gasteiger partial charge on any atom is 0.427 e. The first kappa shape index (κ1) is 14.7. The van der Waals surface area contributed by atoms with Gasteiger partial charge in [0.25, 0.3) is 0 Å². The Morgan fingerprint density at radius 3 is 1.43 bits per heavy atom. The molecule has 21 heavy (non-hydrogen) atoms. The first-order valence-electron chi connectivity index (χ1n) is 5.99. The minimum absolute atomic E-state index is 0.355. The van der Waals surface area contributed by atoms with Crippen molar-refractivity contribution in [1.82, 2.24) is 0 Å². The molecule has 0 atom stereocenters. The molecule has 0 amide bonds. The summed E-state index contributed by atoms with van der Waals surface area (Å²) in [6.07, 6.45) is 0. The smallest absolute Gasteiger partial charge is 0.416 e. The maximum absolute atomic E-state index is 12.3. The van der Waals surface area contributed by atoms with Crippen LogP contribution in [0.25, 0.3) is 0 Å². The summed E-state index contributed by atoms with van der Waals surface area (Å²) in [5.41, 5.74) is 0.975. The molecular formula is C15H11N2O3P. The van der Waals surface area contributed by atoms with Crippen LogP contribution in [-0.4, -0.2) is 6.66 Å². The second-order valence-corrected chi connectivity index (χ2v) is 6.13. The summed E-state index contributed by atoms with van der Waals surface area (Å²) in [5.74, 6) is 0.710. The molecule has 6 heteroatoms. The second kappa shape index (κ2) is 6.13. The molecule has 0 aliphatic heterocycles. The van der Waals surface area contributed by atoms with Crippen molar-refractivity contribution in [3.8, 4) is 23.6 Å². The molecular weight excluding hydrogens is 287 g/mol. The molecule has 2 rings (SSSR count). The summed E-state index contributed by atoms with van der Waals surface area (Å²) in [6.45, 7) is 1.35. The molecule has 0 bridgehead atoms. The van der Waals surface area contributed by atoms with Crippen molar-refractivity contribution in [2.75, 3.05) is 6.66 Å². The van der Waals surface area contributed by atoms with E-state index in [0.717, 1.165) is 0 Å². The van der Waals surface area contributed by atoms with Crippen molar-refractivity contribution in [1.29, 1.82) is 10.5 Å². The number of hydrogen-bond acceptors (Lipinski definition) is 5. The Balaban J connectivity index is 2.08. The number of nitrogens with zero attached hydrogens (tertiary/aromatic N) is 2. The van der Waals surface area contributed by atoms with Gasteiger partial charge >= 0.3 is 7.60 Å². The van der Waals surface area contributed by atoms with Crippen LogP contribution >= 0.6 is 7.60 Å². The zero-order valence-corrected chi connectivity index (χ0v) is 12.1. The molecule has 0 fully saturated rings. The Morgan fingerprint density at radius 1 is 0.810 bits per heavy atom. The van der Waals surface area contributed by atoms with E-state index in [9.17, 15) is 4.57 Å². The molecule has 0 radical (unpaired) electrons. The molecule has 0 aliphatic carbocycles. The van der Waals surface area contributed by atoms with E-state index in [-0.39, 0.29) is 0 Å². The first-order valence-corrected chi connectivity index (χ1v) is 7.98. The minimum atomic E-state index is -3.35. The zero-order valence-electron chi connectivity index (χ0n) is 11.2. The molecule has 0 unspecified atom stereocenters. The third-order valence-corrected chi connectivity index (χ3v) is 3.59. The third-order valence-electron chi connectivity index (χ3n) is 2.51. The number of hydrogen-bond donors (Lipinski definition) is 0. The minimum Gasteiger partial charge on any atom is -0.416 e.